The van der Waals surface area contributed by atoms with Crippen molar-refractivity contribution in [3.05, 3.63) is 52.4 Å². The predicted octanol–water partition coefficient (Wildman–Crippen LogP) is 4.74. The van der Waals surface area contributed by atoms with Crippen LogP contribution in [0.5, 0.6) is 0 Å². The number of anilines is 1. The highest BCUT2D eigenvalue weighted by Gasteiger charge is 2.14. The number of imidazole rings is 1. The number of carboxylic acids is 1. The van der Waals surface area contributed by atoms with Gasteiger partial charge in [-0.05, 0) is 43.2 Å². The molecular formula is C20H23ClN4O2. The third-order valence-electron chi connectivity index (χ3n) is 4.49. The van der Waals surface area contributed by atoms with Gasteiger partial charge in [-0.3, -0.25) is 0 Å². The fourth-order valence-corrected chi connectivity index (χ4v) is 3.23. The Hall–Kier alpha value is -2.60. The molecule has 0 saturated heterocycles. The second-order valence-corrected chi connectivity index (χ2v) is 6.94. The number of rotatable bonds is 8. The molecule has 0 amide bonds. The molecule has 0 bridgehead atoms. The summed E-state index contributed by atoms with van der Waals surface area (Å²) in [7, 11) is 0. The fraction of sp³-hybridized carbons (Fsp3) is 0.350. The summed E-state index contributed by atoms with van der Waals surface area (Å²) in [5, 5.41) is 13.2. The number of carbonyl (C=O) groups is 1. The number of pyridine rings is 1. The zero-order chi connectivity index (χ0) is 19.4. The Bertz CT molecular complexity index is 968. The number of aromatic carboxylic acids is 1. The van der Waals surface area contributed by atoms with Crippen LogP contribution in [0, 0.1) is 6.92 Å². The molecule has 2 heterocycles. The maximum absolute atomic E-state index is 11.2. The maximum Gasteiger partial charge on any atom is 0.354 e. The summed E-state index contributed by atoms with van der Waals surface area (Å²) in [6.45, 7) is 5.46. The Morgan fingerprint density at radius 2 is 2.04 bits per heavy atom. The molecule has 1 aromatic carbocycles. The second kappa shape index (κ2) is 8.39. The van der Waals surface area contributed by atoms with E-state index in [1.54, 1.807) is 6.07 Å². The van der Waals surface area contributed by atoms with Gasteiger partial charge in [0.2, 0.25) is 0 Å². The number of aryl methyl sites for hydroxylation is 1. The van der Waals surface area contributed by atoms with Crippen molar-refractivity contribution in [3.63, 3.8) is 0 Å². The van der Waals surface area contributed by atoms with Gasteiger partial charge >= 0.3 is 5.97 Å². The molecular weight excluding hydrogens is 364 g/mol. The van der Waals surface area contributed by atoms with E-state index in [0.717, 1.165) is 30.0 Å². The first-order valence-corrected chi connectivity index (χ1v) is 9.47. The Balaban J connectivity index is 1.83. The van der Waals surface area contributed by atoms with Gasteiger partial charge in [0.15, 0.2) is 11.3 Å². The lowest BCUT2D eigenvalue weighted by molar-refractivity contribution is 0.0691. The average Bonchev–Trinajstić information content (AvgIpc) is 2.95. The molecule has 2 aromatic heterocycles. The first kappa shape index (κ1) is 19.2. The smallest absolute Gasteiger partial charge is 0.354 e. The number of hydrogen-bond donors (Lipinski definition) is 2. The molecule has 0 aliphatic heterocycles. The Kier molecular flexibility index (Phi) is 5.96. The summed E-state index contributed by atoms with van der Waals surface area (Å²) in [6, 6.07) is 9.07. The van der Waals surface area contributed by atoms with Gasteiger partial charge in [0.25, 0.3) is 0 Å². The topological polar surface area (TPSA) is 80.0 Å². The van der Waals surface area contributed by atoms with Gasteiger partial charge in [0.05, 0.1) is 6.54 Å². The first-order valence-electron chi connectivity index (χ1n) is 9.09. The molecule has 2 N–H and O–H groups in total. The Morgan fingerprint density at radius 3 is 2.74 bits per heavy atom. The first-order chi connectivity index (χ1) is 13.0. The van der Waals surface area contributed by atoms with Crippen molar-refractivity contribution >= 4 is 34.4 Å². The lowest BCUT2D eigenvalue weighted by atomic mass is 10.2. The summed E-state index contributed by atoms with van der Waals surface area (Å²) < 4.78 is 1.89. The van der Waals surface area contributed by atoms with Crippen molar-refractivity contribution in [1.82, 2.24) is 14.5 Å². The van der Waals surface area contributed by atoms with Gasteiger partial charge < -0.3 is 15.0 Å². The van der Waals surface area contributed by atoms with Crippen LogP contribution in [-0.2, 0) is 6.54 Å². The highest BCUT2D eigenvalue weighted by atomic mass is 35.5. The summed E-state index contributed by atoms with van der Waals surface area (Å²) >= 11 is 6.48. The lowest BCUT2D eigenvalue weighted by Gasteiger charge is -2.11. The zero-order valence-corrected chi connectivity index (χ0v) is 16.3. The molecule has 0 fully saturated rings. The SMILES string of the molecule is CCCCCNc1ccc(Cn2c(C)nc3ccc(C(=O)O)nc32)c(Cl)c1. The van der Waals surface area contributed by atoms with Gasteiger partial charge in [-0.2, -0.15) is 0 Å². The third kappa shape index (κ3) is 4.39. The highest BCUT2D eigenvalue weighted by Crippen LogP contribution is 2.24. The minimum Gasteiger partial charge on any atom is -0.477 e. The number of carboxylic acid groups (broad SMARTS) is 1. The van der Waals surface area contributed by atoms with Gasteiger partial charge in [0.1, 0.15) is 11.3 Å². The molecule has 142 valence electrons. The molecule has 0 atom stereocenters. The number of benzene rings is 1. The summed E-state index contributed by atoms with van der Waals surface area (Å²) in [5.41, 5.74) is 3.15. The quantitative estimate of drug-likeness (QED) is 0.546. The summed E-state index contributed by atoms with van der Waals surface area (Å²) in [6.07, 6.45) is 3.53. The number of unbranched alkanes of at least 4 members (excludes halogenated alkanes) is 2. The van der Waals surface area contributed by atoms with E-state index in [1.807, 2.05) is 29.7 Å². The molecule has 0 saturated carbocycles. The lowest BCUT2D eigenvalue weighted by Crippen LogP contribution is -2.07. The molecule has 0 spiro atoms. The fourth-order valence-electron chi connectivity index (χ4n) is 2.99. The van der Waals surface area contributed by atoms with Crippen LogP contribution >= 0.6 is 11.6 Å². The van der Waals surface area contributed by atoms with Crippen LogP contribution in [0.25, 0.3) is 11.2 Å². The summed E-state index contributed by atoms with van der Waals surface area (Å²) in [5.74, 6) is -0.295. The minimum atomic E-state index is -1.06. The highest BCUT2D eigenvalue weighted by molar-refractivity contribution is 6.31. The molecule has 7 heteroatoms. The van der Waals surface area contributed by atoms with E-state index in [2.05, 4.69) is 22.2 Å². The molecule has 27 heavy (non-hydrogen) atoms. The molecule has 3 rings (SSSR count). The maximum atomic E-state index is 11.2. The summed E-state index contributed by atoms with van der Waals surface area (Å²) in [4.78, 5) is 19.9. The number of hydrogen-bond acceptors (Lipinski definition) is 4. The van der Waals surface area contributed by atoms with Crippen molar-refractivity contribution in [3.8, 4) is 0 Å². The number of nitrogens with one attached hydrogen (secondary N) is 1. The normalized spacial score (nSPS) is 11.1. The van der Waals surface area contributed by atoms with Gasteiger partial charge in [-0.1, -0.05) is 37.4 Å². The van der Waals surface area contributed by atoms with E-state index in [-0.39, 0.29) is 5.69 Å². The number of aromatic nitrogens is 3. The molecule has 0 aliphatic carbocycles. The standard InChI is InChI=1S/C20H23ClN4O2/c1-3-4-5-10-22-15-7-6-14(16(21)11-15)12-25-13(2)23-17-8-9-18(20(26)27)24-19(17)25/h6-9,11,22H,3-5,10,12H2,1-2H3,(H,26,27). The van der Waals surface area contributed by atoms with E-state index in [9.17, 15) is 9.90 Å². The number of fused-ring (bicyclic) bond motifs is 1. The number of halogens is 1. The van der Waals surface area contributed by atoms with E-state index in [1.165, 1.54) is 18.9 Å². The van der Waals surface area contributed by atoms with Crippen LogP contribution in [0.2, 0.25) is 5.02 Å². The van der Waals surface area contributed by atoms with Crippen molar-refractivity contribution in [1.29, 1.82) is 0 Å². The van der Waals surface area contributed by atoms with Crippen molar-refractivity contribution in [2.24, 2.45) is 0 Å². The monoisotopic (exact) mass is 386 g/mol. The van der Waals surface area contributed by atoms with E-state index in [4.69, 9.17) is 11.6 Å². The van der Waals surface area contributed by atoms with Gasteiger partial charge in [0, 0.05) is 17.3 Å². The van der Waals surface area contributed by atoms with Crippen LogP contribution in [0.3, 0.4) is 0 Å². The number of nitrogens with zero attached hydrogens (tertiary/aromatic N) is 3. The van der Waals surface area contributed by atoms with Crippen LogP contribution < -0.4 is 5.32 Å². The molecule has 6 nitrogen and oxygen atoms in total. The van der Waals surface area contributed by atoms with E-state index >= 15 is 0 Å². The van der Waals surface area contributed by atoms with Crippen molar-refractivity contribution < 1.29 is 9.90 Å². The third-order valence-corrected chi connectivity index (χ3v) is 4.85. The minimum absolute atomic E-state index is 0.00127. The molecule has 0 aliphatic rings. The molecule has 3 aromatic rings. The van der Waals surface area contributed by atoms with Crippen LogP contribution in [-0.4, -0.2) is 32.2 Å². The van der Waals surface area contributed by atoms with Crippen LogP contribution in [0.1, 0.15) is 48.1 Å². The van der Waals surface area contributed by atoms with Gasteiger partial charge in [-0.25, -0.2) is 14.8 Å². The molecule has 0 radical (unpaired) electrons. The van der Waals surface area contributed by atoms with Crippen molar-refractivity contribution in [2.75, 3.05) is 11.9 Å². The van der Waals surface area contributed by atoms with Crippen molar-refractivity contribution in [2.45, 2.75) is 39.7 Å². The Morgan fingerprint density at radius 1 is 1.22 bits per heavy atom. The Labute approximate surface area is 163 Å². The molecule has 0 unspecified atom stereocenters. The van der Waals surface area contributed by atoms with E-state index in [0.29, 0.717) is 22.7 Å². The predicted molar refractivity (Wildman–Crippen MR) is 108 cm³/mol. The van der Waals surface area contributed by atoms with E-state index < -0.39 is 5.97 Å². The largest absolute Gasteiger partial charge is 0.477 e. The average molecular weight is 387 g/mol. The van der Waals surface area contributed by atoms with Gasteiger partial charge in [-0.15, -0.1) is 0 Å². The van der Waals surface area contributed by atoms with Crippen LogP contribution in [0.4, 0.5) is 5.69 Å². The zero-order valence-electron chi connectivity index (χ0n) is 15.5. The van der Waals surface area contributed by atoms with Crippen LogP contribution in [0.15, 0.2) is 30.3 Å². The second-order valence-electron chi connectivity index (χ2n) is 6.53.